The van der Waals surface area contributed by atoms with Crippen LogP contribution in [0, 0.1) is 0 Å². The van der Waals surface area contributed by atoms with E-state index in [9.17, 15) is 0 Å². The van der Waals surface area contributed by atoms with Crippen LogP contribution in [0.3, 0.4) is 0 Å². The summed E-state index contributed by atoms with van der Waals surface area (Å²) >= 11 is 1.59. The summed E-state index contributed by atoms with van der Waals surface area (Å²) in [6, 6.07) is 17.9. The lowest BCUT2D eigenvalue weighted by Crippen LogP contribution is -1.82. The second-order valence-corrected chi connectivity index (χ2v) is 4.98. The molecule has 2 aromatic carbocycles. The number of ether oxygens (including phenoxy) is 1. The van der Waals surface area contributed by atoms with Gasteiger partial charge in [0.2, 0.25) is 0 Å². The molecule has 0 aliphatic carbocycles. The lowest BCUT2D eigenvalue weighted by atomic mass is 10.2. The van der Waals surface area contributed by atoms with Crippen molar-refractivity contribution in [3.63, 3.8) is 0 Å². The van der Waals surface area contributed by atoms with Crippen LogP contribution in [0.15, 0.2) is 54.6 Å². The van der Waals surface area contributed by atoms with Crippen molar-refractivity contribution < 1.29 is 4.74 Å². The standard InChI is InChI=1S/C15H12N2OS/c1-18-13-9-7-12(8-10-13)15-17-16-14(19-15)11-5-3-2-4-6-11/h2-10H,1H3. The average Bonchev–Trinajstić information content (AvgIpc) is 2.98. The summed E-state index contributed by atoms with van der Waals surface area (Å²) < 4.78 is 5.15. The summed E-state index contributed by atoms with van der Waals surface area (Å²) in [5.41, 5.74) is 2.15. The Morgan fingerprint density at radius 1 is 0.789 bits per heavy atom. The summed E-state index contributed by atoms with van der Waals surface area (Å²) in [5.74, 6) is 0.844. The van der Waals surface area contributed by atoms with E-state index in [2.05, 4.69) is 10.2 Å². The van der Waals surface area contributed by atoms with Gasteiger partial charge in [-0.25, -0.2) is 0 Å². The molecule has 0 N–H and O–H groups in total. The monoisotopic (exact) mass is 268 g/mol. The van der Waals surface area contributed by atoms with Crippen molar-refractivity contribution in [2.45, 2.75) is 0 Å². The first-order valence-electron chi connectivity index (χ1n) is 5.90. The molecule has 3 nitrogen and oxygen atoms in total. The van der Waals surface area contributed by atoms with Gasteiger partial charge in [-0.3, -0.25) is 0 Å². The number of nitrogens with zero attached hydrogens (tertiary/aromatic N) is 2. The molecule has 0 atom stereocenters. The van der Waals surface area contributed by atoms with Gasteiger partial charge in [0.05, 0.1) is 7.11 Å². The van der Waals surface area contributed by atoms with E-state index in [1.165, 1.54) is 0 Å². The van der Waals surface area contributed by atoms with Crippen molar-refractivity contribution in [1.29, 1.82) is 0 Å². The number of aromatic nitrogens is 2. The zero-order chi connectivity index (χ0) is 13.1. The lowest BCUT2D eigenvalue weighted by molar-refractivity contribution is 0.415. The van der Waals surface area contributed by atoms with Gasteiger partial charge < -0.3 is 4.74 Å². The maximum atomic E-state index is 5.15. The third kappa shape index (κ3) is 2.48. The SMILES string of the molecule is COc1ccc(-c2nnc(-c3ccccc3)s2)cc1. The van der Waals surface area contributed by atoms with Crippen molar-refractivity contribution in [2.75, 3.05) is 7.11 Å². The van der Waals surface area contributed by atoms with Gasteiger partial charge in [-0.2, -0.15) is 0 Å². The molecule has 0 unspecified atom stereocenters. The molecule has 0 aliphatic rings. The first-order valence-corrected chi connectivity index (χ1v) is 6.72. The van der Waals surface area contributed by atoms with Crippen LogP contribution in [-0.2, 0) is 0 Å². The van der Waals surface area contributed by atoms with Crippen LogP contribution in [0.4, 0.5) is 0 Å². The number of benzene rings is 2. The summed E-state index contributed by atoms with van der Waals surface area (Å²) in [6.07, 6.45) is 0. The number of methoxy groups -OCH3 is 1. The maximum absolute atomic E-state index is 5.15. The van der Waals surface area contributed by atoms with Gasteiger partial charge in [-0.1, -0.05) is 41.7 Å². The summed E-state index contributed by atoms with van der Waals surface area (Å²) in [6.45, 7) is 0. The van der Waals surface area contributed by atoms with Crippen molar-refractivity contribution in [1.82, 2.24) is 10.2 Å². The molecule has 0 bridgehead atoms. The Morgan fingerprint density at radius 3 is 1.95 bits per heavy atom. The van der Waals surface area contributed by atoms with Gasteiger partial charge in [-0.15, -0.1) is 10.2 Å². The lowest BCUT2D eigenvalue weighted by Gasteiger charge is -1.99. The van der Waals surface area contributed by atoms with Gasteiger partial charge in [-0.05, 0) is 24.3 Å². The maximum Gasteiger partial charge on any atom is 0.148 e. The van der Waals surface area contributed by atoms with Crippen molar-refractivity contribution in [3.05, 3.63) is 54.6 Å². The second kappa shape index (κ2) is 5.20. The molecule has 0 fully saturated rings. The molecule has 1 heterocycles. The van der Waals surface area contributed by atoms with Crippen LogP contribution < -0.4 is 4.74 Å². The molecular formula is C15H12N2OS. The van der Waals surface area contributed by atoms with Gasteiger partial charge in [0.25, 0.3) is 0 Å². The zero-order valence-electron chi connectivity index (χ0n) is 10.4. The molecule has 0 amide bonds. The van der Waals surface area contributed by atoms with Crippen LogP contribution in [0.1, 0.15) is 0 Å². The largest absolute Gasteiger partial charge is 0.497 e. The molecule has 0 saturated heterocycles. The van der Waals surface area contributed by atoms with E-state index in [-0.39, 0.29) is 0 Å². The Balaban J connectivity index is 1.92. The third-order valence-electron chi connectivity index (χ3n) is 2.78. The van der Waals surface area contributed by atoms with Crippen LogP contribution in [0.25, 0.3) is 21.1 Å². The van der Waals surface area contributed by atoms with Gasteiger partial charge in [0, 0.05) is 11.1 Å². The quantitative estimate of drug-likeness (QED) is 0.723. The van der Waals surface area contributed by atoms with E-state index >= 15 is 0 Å². The van der Waals surface area contributed by atoms with E-state index in [0.29, 0.717) is 0 Å². The highest BCUT2D eigenvalue weighted by molar-refractivity contribution is 7.17. The molecule has 0 saturated carbocycles. The Labute approximate surface area is 115 Å². The van der Waals surface area contributed by atoms with Crippen LogP contribution in [0.2, 0.25) is 0 Å². The minimum absolute atomic E-state index is 0.844. The average molecular weight is 268 g/mol. The number of hydrogen-bond acceptors (Lipinski definition) is 4. The molecule has 19 heavy (non-hydrogen) atoms. The topological polar surface area (TPSA) is 35.0 Å². The van der Waals surface area contributed by atoms with Crippen molar-refractivity contribution in [2.24, 2.45) is 0 Å². The molecule has 4 heteroatoms. The Hall–Kier alpha value is -2.20. The highest BCUT2D eigenvalue weighted by Gasteiger charge is 2.08. The van der Waals surface area contributed by atoms with Crippen LogP contribution in [-0.4, -0.2) is 17.3 Å². The van der Waals surface area contributed by atoms with E-state index < -0.39 is 0 Å². The second-order valence-electron chi connectivity index (χ2n) is 4.01. The van der Waals surface area contributed by atoms with Gasteiger partial charge in [0.15, 0.2) is 0 Å². The Morgan fingerprint density at radius 2 is 1.37 bits per heavy atom. The van der Waals surface area contributed by atoms with Crippen LogP contribution in [0.5, 0.6) is 5.75 Å². The minimum Gasteiger partial charge on any atom is -0.497 e. The Kier molecular flexibility index (Phi) is 3.25. The first-order chi connectivity index (χ1) is 9.36. The molecule has 3 rings (SSSR count). The molecule has 0 spiro atoms. The summed E-state index contributed by atoms with van der Waals surface area (Å²) in [4.78, 5) is 0. The van der Waals surface area contributed by atoms with E-state index in [1.807, 2.05) is 54.6 Å². The molecule has 3 aromatic rings. The van der Waals surface area contributed by atoms with Crippen molar-refractivity contribution >= 4 is 11.3 Å². The molecule has 0 radical (unpaired) electrons. The van der Waals surface area contributed by atoms with Crippen molar-refractivity contribution in [3.8, 4) is 26.9 Å². The first kappa shape index (κ1) is 11.9. The fraction of sp³-hybridized carbons (Fsp3) is 0.0667. The predicted octanol–water partition coefficient (Wildman–Crippen LogP) is 3.88. The minimum atomic E-state index is 0.844. The highest BCUT2D eigenvalue weighted by atomic mass is 32.1. The van der Waals surface area contributed by atoms with Gasteiger partial charge >= 0.3 is 0 Å². The smallest absolute Gasteiger partial charge is 0.148 e. The third-order valence-corrected chi connectivity index (χ3v) is 3.80. The van der Waals surface area contributed by atoms with E-state index in [0.717, 1.165) is 26.9 Å². The zero-order valence-corrected chi connectivity index (χ0v) is 11.2. The molecule has 1 aromatic heterocycles. The van der Waals surface area contributed by atoms with Gasteiger partial charge in [0.1, 0.15) is 15.8 Å². The molecule has 0 aliphatic heterocycles. The number of rotatable bonds is 3. The Bertz CT molecular complexity index is 662. The normalized spacial score (nSPS) is 10.4. The fourth-order valence-electron chi connectivity index (χ4n) is 1.77. The highest BCUT2D eigenvalue weighted by Crippen LogP contribution is 2.30. The summed E-state index contributed by atoms with van der Waals surface area (Å²) in [7, 11) is 1.66. The fourth-order valence-corrected chi connectivity index (χ4v) is 2.63. The summed E-state index contributed by atoms with van der Waals surface area (Å²) in [5, 5.41) is 10.3. The molecule has 94 valence electrons. The number of hydrogen-bond donors (Lipinski definition) is 0. The van der Waals surface area contributed by atoms with E-state index in [4.69, 9.17) is 4.74 Å². The van der Waals surface area contributed by atoms with Crippen LogP contribution >= 0.6 is 11.3 Å². The predicted molar refractivity (Wildman–Crippen MR) is 77.3 cm³/mol. The van der Waals surface area contributed by atoms with E-state index in [1.54, 1.807) is 18.4 Å². The molecular weight excluding hydrogens is 256 g/mol.